The Kier molecular flexibility index (Phi) is 5.39. The first-order valence-electron chi connectivity index (χ1n) is 8.93. The molecule has 2 aliphatic rings. The lowest BCUT2D eigenvalue weighted by molar-refractivity contribution is -0.132. The molecule has 4 nitrogen and oxygen atoms in total. The Bertz CT molecular complexity index is 572. The van der Waals surface area contributed by atoms with Gasteiger partial charge in [-0.2, -0.15) is 0 Å². The summed E-state index contributed by atoms with van der Waals surface area (Å²) in [5.74, 6) is 0.754. The van der Waals surface area contributed by atoms with Gasteiger partial charge >= 0.3 is 0 Å². The summed E-state index contributed by atoms with van der Waals surface area (Å²) in [7, 11) is 1.79. The molecule has 2 fully saturated rings. The number of carbonyl (C=O) groups is 1. The van der Waals surface area contributed by atoms with Crippen LogP contribution in [0.15, 0.2) is 24.3 Å². The van der Waals surface area contributed by atoms with E-state index >= 15 is 0 Å². The number of rotatable bonds is 9. The van der Waals surface area contributed by atoms with Crippen molar-refractivity contribution < 1.29 is 13.9 Å². The number of hydrogen-bond donors (Lipinski definition) is 0. The minimum atomic E-state index is -0.371. The smallest absolute Gasteiger partial charge is 0.236 e. The summed E-state index contributed by atoms with van der Waals surface area (Å²) in [5, 5.41) is 0. The van der Waals surface area contributed by atoms with Crippen LogP contribution in [0.2, 0.25) is 0 Å². The molecule has 5 heteroatoms. The molecule has 1 atom stereocenters. The fraction of sp³-hybridized carbons (Fsp3) is 0.632. The Morgan fingerprint density at radius 1 is 1.29 bits per heavy atom. The van der Waals surface area contributed by atoms with Crippen molar-refractivity contribution in [1.82, 2.24) is 9.80 Å². The van der Waals surface area contributed by atoms with Crippen LogP contribution < -0.4 is 4.74 Å². The summed E-state index contributed by atoms with van der Waals surface area (Å²) in [6.45, 7) is 3.50. The van der Waals surface area contributed by atoms with E-state index in [1.54, 1.807) is 30.1 Å². The normalized spacial score (nSPS) is 18.5. The molecule has 3 rings (SSSR count). The van der Waals surface area contributed by atoms with Crippen molar-refractivity contribution in [3.63, 3.8) is 0 Å². The average molecular weight is 334 g/mol. The molecule has 0 N–H and O–H groups in total. The highest BCUT2D eigenvalue weighted by Crippen LogP contribution is 2.39. The number of amides is 1. The monoisotopic (exact) mass is 334 g/mol. The van der Waals surface area contributed by atoms with Crippen molar-refractivity contribution in [2.45, 2.75) is 44.7 Å². The second-order valence-corrected chi connectivity index (χ2v) is 7.08. The minimum absolute atomic E-state index is 0.117. The van der Waals surface area contributed by atoms with Gasteiger partial charge < -0.3 is 9.64 Å². The van der Waals surface area contributed by atoms with E-state index in [1.807, 2.05) is 0 Å². The van der Waals surface area contributed by atoms with Crippen molar-refractivity contribution in [2.24, 2.45) is 5.92 Å². The predicted octanol–water partition coefficient (Wildman–Crippen LogP) is 2.93. The zero-order chi connectivity index (χ0) is 17.1. The summed E-state index contributed by atoms with van der Waals surface area (Å²) in [4.78, 5) is 16.6. The number of halogens is 1. The molecule has 0 heterocycles. The third-order valence-corrected chi connectivity index (χ3v) is 5.11. The van der Waals surface area contributed by atoms with Gasteiger partial charge in [0.05, 0.1) is 13.1 Å². The maximum absolute atomic E-state index is 13.5. The predicted molar refractivity (Wildman–Crippen MR) is 91.4 cm³/mol. The molecule has 2 saturated carbocycles. The van der Waals surface area contributed by atoms with E-state index in [0.717, 1.165) is 5.92 Å². The molecular formula is C19H27FN2O2. The number of likely N-dealkylation sites (N-methyl/N-ethyl adjacent to an activating group) is 1. The molecule has 1 aromatic rings. The summed E-state index contributed by atoms with van der Waals surface area (Å²) < 4.78 is 18.9. The van der Waals surface area contributed by atoms with Gasteiger partial charge in [0.15, 0.2) is 11.6 Å². The molecule has 0 aliphatic heterocycles. The SMILES string of the molecule is CC(C1CC1)N(CC(=O)N(C)CCOc1ccccc1F)C1CC1. The quantitative estimate of drug-likeness (QED) is 0.696. The van der Waals surface area contributed by atoms with Crippen LogP contribution >= 0.6 is 0 Å². The highest BCUT2D eigenvalue weighted by molar-refractivity contribution is 5.78. The van der Waals surface area contributed by atoms with E-state index in [4.69, 9.17) is 4.74 Å². The van der Waals surface area contributed by atoms with Crippen LogP contribution in [0.25, 0.3) is 0 Å². The summed E-state index contributed by atoms with van der Waals surface area (Å²) in [6, 6.07) is 7.43. The highest BCUT2D eigenvalue weighted by Gasteiger charge is 2.40. The van der Waals surface area contributed by atoms with E-state index in [2.05, 4.69) is 11.8 Å². The van der Waals surface area contributed by atoms with Gasteiger partial charge in [0.1, 0.15) is 6.61 Å². The van der Waals surface area contributed by atoms with Gasteiger partial charge in [0, 0.05) is 19.1 Å². The number of carbonyl (C=O) groups excluding carboxylic acids is 1. The Balaban J connectivity index is 1.44. The maximum Gasteiger partial charge on any atom is 0.236 e. The zero-order valence-electron chi connectivity index (χ0n) is 14.6. The third kappa shape index (κ3) is 4.47. The van der Waals surface area contributed by atoms with Gasteiger partial charge in [-0.1, -0.05) is 12.1 Å². The van der Waals surface area contributed by atoms with Crippen molar-refractivity contribution in [3.05, 3.63) is 30.1 Å². The Hall–Kier alpha value is -1.62. The van der Waals surface area contributed by atoms with E-state index in [-0.39, 0.29) is 17.5 Å². The molecule has 0 bridgehead atoms. The second kappa shape index (κ2) is 7.51. The first-order chi connectivity index (χ1) is 11.6. The molecule has 0 radical (unpaired) electrons. The van der Waals surface area contributed by atoms with E-state index < -0.39 is 0 Å². The molecule has 0 aromatic heterocycles. The van der Waals surface area contributed by atoms with Crippen LogP contribution in [-0.4, -0.2) is 54.5 Å². The molecule has 2 aliphatic carbocycles. The Labute approximate surface area is 143 Å². The van der Waals surface area contributed by atoms with Crippen molar-refractivity contribution >= 4 is 5.91 Å². The fourth-order valence-corrected chi connectivity index (χ4v) is 3.12. The van der Waals surface area contributed by atoms with Crippen molar-refractivity contribution in [3.8, 4) is 5.75 Å². The van der Waals surface area contributed by atoms with Gasteiger partial charge in [0.2, 0.25) is 5.91 Å². The van der Waals surface area contributed by atoms with Crippen molar-refractivity contribution in [2.75, 3.05) is 26.7 Å². The molecule has 1 aromatic carbocycles. The lowest BCUT2D eigenvalue weighted by Gasteiger charge is -2.30. The van der Waals surface area contributed by atoms with Gasteiger partial charge in [-0.15, -0.1) is 0 Å². The molecule has 132 valence electrons. The minimum Gasteiger partial charge on any atom is -0.489 e. The zero-order valence-corrected chi connectivity index (χ0v) is 14.6. The molecule has 0 spiro atoms. The average Bonchev–Trinajstić information content (AvgIpc) is 3.46. The second-order valence-electron chi connectivity index (χ2n) is 7.08. The van der Waals surface area contributed by atoms with Crippen LogP contribution in [0.5, 0.6) is 5.75 Å². The van der Waals surface area contributed by atoms with E-state index in [0.29, 0.717) is 31.8 Å². The molecule has 0 saturated heterocycles. The van der Waals surface area contributed by atoms with E-state index in [1.165, 1.54) is 31.7 Å². The number of ether oxygens (including phenoxy) is 1. The Morgan fingerprint density at radius 3 is 2.62 bits per heavy atom. The molecule has 1 amide bonds. The number of nitrogens with zero attached hydrogens (tertiary/aromatic N) is 2. The summed E-state index contributed by atoms with van der Waals surface area (Å²) >= 11 is 0. The standard InChI is InChI=1S/C19H27FN2O2/c1-14(15-7-8-15)22(16-9-10-16)13-19(23)21(2)11-12-24-18-6-4-3-5-17(18)20/h3-6,14-16H,7-13H2,1-2H3. The van der Waals surface area contributed by atoms with Crippen LogP contribution in [0, 0.1) is 11.7 Å². The van der Waals surface area contributed by atoms with Gasteiger partial charge in [-0.3, -0.25) is 9.69 Å². The molecular weight excluding hydrogens is 307 g/mol. The van der Waals surface area contributed by atoms with Gasteiger partial charge in [-0.05, 0) is 50.7 Å². The fourth-order valence-electron chi connectivity index (χ4n) is 3.12. The molecule has 24 heavy (non-hydrogen) atoms. The van der Waals surface area contributed by atoms with Gasteiger partial charge in [0.25, 0.3) is 0 Å². The Morgan fingerprint density at radius 2 is 2.00 bits per heavy atom. The maximum atomic E-state index is 13.5. The van der Waals surface area contributed by atoms with E-state index in [9.17, 15) is 9.18 Å². The largest absolute Gasteiger partial charge is 0.489 e. The lowest BCUT2D eigenvalue weighted by Crippen LogP contribution is -2.45. The van der Waals surface area contributed by atoms with Crippen LogP contribution in [0.3, 0.4) is 0 Å². The number of hydrogen-bond acceptors (Lipinski definition) is 3. The van der Waals surface area contributed by atoms with Crippen LogP contribution in [0.1, 0.15) is 32.6 Å². The lowest BCUT2D eigenvalue weighted by atomic mass is 10.1. The van der Waals surface area contributed by atoms with Crippen LogP contribution in [-0.2, 0) is 4.79 Å². The van der Waals surface area contributed by atoms with Gasteiger partial charge in [-0.25, -0.2) is 4.39 Å². The third-order valence-electron chi connectivity index (χ3n) is 5.11. The van der Waals surface area contributed by atoms with Crippen LogP contribution in [0.4, 0.5) is 4.39 Å². The first kappa shape index (κ1) is 17.2. The van der Waals surface area contributed by atoms with Crippen molar-refractivity contribution in [1.29, 1.82) is 0 Å². The number of benzene rings is 1. The first-order valence-corrected chi connectivity index (χ1v) is 8.93. The topological polar surface area (TPSA) is 32.8 Å². The summed E-state index contributed by atoms with van der Waals surface area (Å²) in [5.41, 5.74) is 0. The highest BCUT2D eigenvalue weighted by atomic mass is 19.1. The molecule has 1 unspecified atom stereocenters. The number of para-hydroxylation sites is 1. The summed E-state index contributed by atoms with van der Waals surface area (Å²) in [6.07, 6.45) is 5.02.